The number of hydrogen-bond acceptors (Lipinski definition) is 6. The number of benzene rings is 1. The van der Waals surface area contributed by atoms with Gasteiger partial charge >= 0.3 is 0 Å². The van der Waals surface area contributed by atoms with Crippen LogP contribution in [0.3, 0.4) is 0 Å². The summed E-state index contributed by atoms with van der Waals surface area (Å²) in [6.07, 6.45) is 0.624. The van der Waals surface area contributed by atoms with Gasteiger partial charge in [0.05, 0.1) is 0 Å². The first-order valence-electron chi connectivity index (χ1n) is 6.39. The van der Waals surface area contributed by atoms with Crippen molar-refractivity contribution < 1.29 is 17.7 Å². The van der Waals surface area contributed by atoms with E-state index >= 15 is 0 Å². The first-order chi connectivity index (χ1) is 9.81. The standard InChI is InChI=1S/C13H17N3O4S/c1-4-12-15-11(16-20-12)7-19-13-9(3)5-8(2)6-10(13)21(14,17)18/h5-6H,4,7H2,1-3H3,(H2,14,17,18). The molecule has 2 aromatic rings. The molecule has 21 heavy (non-hydrogen) atoms. The topological polar surface area (TPSA) is 108 Å². The summed E-state index contributed by atoms with van der Waals surface area (Å²) in [5.41, 5.74) is 1.47. The molecule has 0 bridgehead atoms. The largest absolute Gasteiger partial charge is 0.484 e. The van der Waals surface area contributed by atoms with Gasteiger partial charge in [-0.15, -0.1) is 0 Å². The van der Waals surface area contributed by atoms with Crippen LogP contribution in [-0.4, -0.2) is 18.6 Å². The number of sulfonamides is 1. The van der Waals surface area contributed by atoms with E-state index in [0.717, 1.165) is 5.56 Å². The molecule has 0 atom stereocenters. The van der Waals surface area contributed by atoms with E-state index in [1.54, 1.807) is 13.8 Å². The molecule has 114 valence electrons. The summed E-state index contributed by atoms with van der Waals surface area (Å²) in [5.74, 6) is 1.07. The summed E-state index contributed by atoms with van der Waals surface area (Å²) in [4.78, 5) is 4.06. The second-order valence-electron chi connectivity index (χ2n) is 4.70. The first-order valence-corrected chi connectivity index (χ1v) is 7.94. The van der Waals surface area contributed by atoms with Crippen molar-refractivity contribution in [3.8, 4) is 5.75 Å². The predicted octanol–water partition coefficient (Wildman–Crippen LogP) is 1.48. The highest BCUT2D eigenvalue weighted by molar-refractivity contribution is 7.89. The normalized spacial score (nSPS) is 11.6. The van der Waals surface area contributed by atoms with Crippen LogP contribution in [0.25, 0.3) is 0 Å². The van der Waals surface area contributed by atoms with Crippen molar-refractivity contribution in [2.24, 2.45) is 5.14 Å². The predicted molar refractivity (Wildman–Crippen MR) is 75.3 cm³/mol. The van der Waals surface area contributed by atoms with Crippen LogP contribution in [0.2, 0.25) is 0 Å². The van der Waals surface area contributed by atoms with Gasteiger partial charge in [-0.05, 0) is 31.0 Å². The Labute approximate surface area is 123 Å². The molecule has 1 aromatic carbocycles. The lowest BCUT2D eigenvalue weighted by atomic mass is 10.1. The molecule has 0 radical (unpaired) electrons. The Morgan fingerprint density at radius 2 is 2.05 bits per heavy atom. The Hall–Kier alpha value is -1.93. The second-order valence-corrected chi connectivity index (χ2v) is 6.23. The SMILES string of the molecule is CCc1nc(COc2c(C)cc(C)cc2S(N)(=O)=O)no1. The number of ether oxygens (including phenoxy) is 1. The van der Waals surface area contributed by atoms with Crippen LogP contribution in [0.4, 0.5) is 0 Å². The summed E-state index contributed by atoms with van der Waals surface area (Å²) < 4.78 is 33.9. The summed E-state index contributed by atoms with van der Waals surface area (Å²) in [6.45, 7) is 5.44. The monoisotopic (exact) mass is 311 g/mol. The van der Waals surface area contributed by atoms with Crippen LogP contribution in [0.15, 0.2) is 21.6 Å². The molecule has 0 unspecified atom stereocenters. The molecule has 0 saturated heterocycles. The average molecular weight is 311 g/mol. The van der Waals surface area contributed by atoms with E-state index in [1.165, 1.54) is 6.07 Å². The van der Waals surface area contributed by atoms with E-state index in [9.17, 15) is 8.42 Å². The van der Waals surface area contributed by atoms with Gasteiger partial charge in [-0.3, -0.25) is 0 Å². The van der Waals surface area contributed by atoms with Crippen LogP contribution in [0.5, 0.6) is 5.75 Å². The van der Waals surface area contributed by atoms with Gasteiger partial charge in [0, 0.05) is 6.42 Å². The Morgan fingerprint density at radius 3 is 2.62 bits per heavy atom. The van der Waals surface area contributed by atoms with E-state index in [0.29, 0.717) is 23.7 Å². The zero-order valence-electron chi connectivity index (χ0n) is 12.1. The number of aromatic nitrogens is 2. The van der Waals surface area contributed by atoms with Gasteiger partial charge in [-0.25, -0.2) is 13.6 Å². The van der Waals surface area contributed by atoms with Crippen molar-refractivity contribution in [1.82, 2.24) is 10.1 Å². The summed E-state index contributed by atoms with van der Waals surface area (Å²) in [5, 5.41) is 8.98. The summed E-state index contributed by atoms with van der Waals surface area (Å²) in [6, 6.07) is 3.29. The van der Waals surface area contributed by atoms with Crippen LogP contribution < -0.4 is 9.88 Å². The molecule has 0 saturated carbocycles. The number of rotatable bonds is 5. The van der Waals surface area contributed by atoms with E-state index in [2.05, 4.69) is 10.1 Å². The quantitative estimate of drug-likeness (QED) is 0.895. The van der Waals surface area contributed by atoms with Gasteiger partial charge in [0.1, 0.15) is 10.6 Å². The molecule has 1 aromatic heterocycles. The van der Waals surface area contributed by atoms with Crippen molar-refractivity contribution in [3.63, 3.8) is 0 Å². The second kappa shape index (κ2) is 5.82. The number of aryl methyl sites for hydroxylation is 3. The summed E-state index contributed by atoms with van der Waals surface area (Å²) in [7, 11) is -3.87. The van der Waals surface area contributed by atoms with Crippen LogP contribution in [0, 0.1) is 13.8 Å². The molecule has 0 aliphatic rings. The Balaban J connectivity index is 2.31. The third kappa shape index (κ3) is 3.59. The fourth-order valence-electron chi connectivity index (χ4n) is 1.94. The molecular weight excluding hydrogens is 294 g/mol. The maximum atomic E-state index is 11.7. The van der Waals surface area contributed by atoms with Crippen molar-refractivity contribution in [1.29, 1.82) is 0 Å². The highest BCUT2D eigenvalue weighted by Crippen LogP contribution is 2.29. The number of nitrogens with two attached hydrogens (primary N) is 1. The number of primary sulfonamides is 1. The van der Waals surface area contributed by atoms with Gasteiger partial charge in [0.15, 0.2) is 6.61 Å². The average Bonchev–Trinajstić information content (AvgIpc) is 2.83. The Morgan fingerprint density at radius 1 is 1.33 bits per heavy atom. The van der Waals surface area contributed by atoms with Gasteiger partial charge in [0.2, 0.25) is 21.7 Å². The molecular formula is C13H17N3O4S. The van der Waals surface area contributed by atoms with E-state index in [1.807, 2.05) is 13.0 Å². The van der Waals surface area contributed by atoms with Gasteiger partial charge in [-0.2, -0.15) is 4.98 Å². The maximum absolute atomic E-state index is 11.7. The van der Waals surface area contributed by atoms with Crippen LogP contribution in [0.1, 0.15) is 29.8 Å². The molecule has 0 spiro atoms. The van der Waals surface area contributed by atoms with E-state index in [4.69, 9.17) is 14.4 Å². The molecule has 0 fully saturated rings. The van der Waals surface area contributed by atoms with Crippen molar-refractivity contribution in [3.05, 3.63) is 35.0 Å². The lowest BCUT2D eigenvalue weighted by molar-refractivity contribution is 0.276. The first kappa shape index (κ1) is 15.5. The Bertz CT molecular complexity index is 753. The maximum Gasteiger partial charge on any atom is 0.241 e. The lowest BCUT2D eigenvalue weighted by Crippen LogP contribution is -2.15. The van der Waals surface area contributed by atoms with Gasteiger partial charge in [0.25, 0.3) is 0 Å². The van der Waals surface area contributed by atoms with Crippen molar-refractivity contribution in [2.75, 3.05) is 0 Å². The minimum Gasteiger partial charge on any atom is -0.484 e. The smallest absolute Gasteiger partial charge is 0.241 e. The molecule has 8 heteroatoms. The van der Waals surface area contributed by atoms with Gasteiger partial charge in [-0.1, -0.05) is 18.1 Å². The molecule has 2 rings (SSSR count). The fourth-order valence-corrected chi connectivity index (χ4v) is 2.77. The van der Waals surface area contributed by atoms with Crippen molar-refractivity contribution in [2.45, 2.75) is 38.7 Å². The molecule has 0 aliphatic carbocycles. The third-order valence-electron chi connectivity index (χ3n) is 2.85. The summed E-state index contributed by atoms with van der Waals surface area (Å²) >= 11 is 0. The van der Waals surface area contributed by atoms with Gasteiger partial charge < -0.3 is 9.26 Å². The minimum atomic E-state index is -3.87. The zero-order chi connectivity index (χ0) is 15.6. The molecule has 2 N–H and O–H groups in total. The third-order valence-corrected chi connectivity index (χ3v) is 3.77. The van der Waals surface area contributed by atoms with E-state index in [-0.39, 0.29) is 17.3 Å². The van der Waals surface area contributed by atoms with Crippen molar-refractivity contribution >= 4 is 10.0 Å². The lowest BCUT2D eigenvalue weighted by Gasteiger charge is -2.12. The van der Waals surface area contributed by atoms with E-state index < -0.39 is 10.0 Å². The van der Waals surface area contributed by atoms with Crippen LogP contribution in [-0.2, 0) is 23.1 Å². The molecule has 1 heterocycles. The minimum absolute atomic E-state index is 0.00984. The fraction of sp³-hybridized carbons (Fsp3) is 0.385. The zero-order valence-corrected chi connectivity index (χ0v) is 12.9. The highest BCUT2D eigenvalue weighted by Gasteiger charge is 2.19. The van der Waals surface area contributed by atoms with Crippen LogP contribution >= 0.6 is 0 Å². The molecule has 0 aliphatic heterocycles. The highest BCUT2D eigenvalue weighted by atomic mass is 32.2. The molecule has 0 amide bonds. The molecule has 7 nitrogen and oxygen atoms in total. The number of hydrogen-bond donors (Lipinski definition) is 1. The Kier molecular flexibility index (Phi) is 4.29. The number of nitrogens with zero attached hydrogens (tertiary/aromatic N) is 2.